The second-order valence-electron chi connectivity index (χ2n) is 10.9. The number of alkyl halides is 1. The predicted molar refractivity (Wildman–Crippen MR) is 177 cm³/mol. The lowest BCUT2D eigenvalue weighted by molar-refractivity contribution is 0.0214. The van der Waals surface area contributed by atoms with E-state index in [0.717, 1.165) is 38.1 Å². The Morgan fingerprint density at radius 2 is 1.37 bits per heavy atom. The van der Waals surface area contributed by atoms with Gasteiger partial charge in [-0.2, -0.15) is 0 Å². The SMILES string of the molecule is CC(C)(C)OC(=O)N1CC2CC1CN2c1ccc(I)cc1.CCl.Cl.Ic1ccc(N2CC3CC2CN3)cc1. The first kappa shape index (κ1) is 31.8. The van der Waals surface area contributed by atoms with E-state index in [1.165, 1.54) is 37.9 Å². The van der Waals surface area contributed by atoms with Crippen molar-refractivity contribution in [1.82, 2.24) is 10.2 Å². The van der Waals surface area contributed by atoms with E-state index in [4.69, 9.17) is 4.74 Å². The number of hydrogen-bond acceptors (Lipinski definition) is 5. The van der Waals surface area contributed by atoms with Crippen LogP contribution in [0, 0.1) is 7.14 Å². The number of halogens is 4. The fourth-order valence-corrected chi connectivity index (χ4v) is 6.39. The summed E-state index contributed by atoms with van der Waals surface area (Å²) in [6.07, 6.45) is 3.68. The van der Waals surface area contributed by atoms with Gasteiger partial charge in [0.05, 0.1) is 6.04 Å². The number of nitrogens with zero attached hydrogens (tertiary/aromatic N) is 3. The third-order valence-corrected chi connectivity index (χ3v) is 8.68. The van der Waals surface area contributed by atoms with Crippen LogP contribution in [0.25, 0.3) is 0 Å². The molecule has 4 atom stereocenters. The molecule has 4 heterocycles. The average Bonchev–Trinajstić information content (AvgIpc) is 3.67. The van der Waals surface area contributed by atoms with Gasteiger partial charge in [-0.1, -0.05) is 0 Å². The molecular formula is C28H38Cl2I2N4O2. The van der Waals surface area contributed by atoms with Gasteiger partial charge in [0, 0.05) is 69.2 Å². The zero-order chi connectivity index (χ0) is 26.7. The summed E-state index contributed by atoms with van der Waals surface area (Å²) in [5.74, 6) is 0. The Balaban J connectivity index is 0.000000205. The third-order valence-electron chi connectivity index (χ3n) is 7.24. The van der Waals surface area contributed by atoms with Gasteiger partial charge in [-0.3, -0.25) is 0 Å². The first-order valence-corrected chi connectivity index (χ1v) is 15.7. The summed E-state index contributed by atoms with van der Waals surface area (Å²) in [6, 6.07) is 19.6. The molecule has 6 nitrogen and oxygen atoms in total. The van der Waals surface area contributed by atoms with Crippen molar-refractivity contribution in [1.29, 1.82) is 0 Å². The maximum atomic E-state index is 12.2. The number of carbonyl (C=O) groups excluding carboxylic acids is 1. The van der Waals surface area contributed by atoms with Crippen molar-refractivity contribution in [2.45, 2.75) is 63.4 Å². The number of amides is 1. The van der Waals surface area contributed by atoms with E-state index in [2.05, 4.69) is 120 Å². The Bertz CT molecular complexity index is 1050. The van der Waals surface area contributed by atoms with Crippen LogP contribution >= 0.6 is 69.2 Å². The third kappa shape index (κ3) is 7.73. The number of piperazine rings is 2. The molecule has 1 N–H and O–H groups in total. The minimum Gasteiger partial charge on any atom is -0.444 e. The van der Waals surface area contributed by atoms with Gasteiger partial charge >= 0.3 is 6.09 Å². The van der Waals surface area contributed by atoms with Gasteiger partial charge in [-0.25, -0.2) is 4.79 Å². The van der Waals surface area contributed by atoms with Crippen LogP contribution in [-0.4, -0.2) is 73.3 Å². The van der Waals surface area contributed by atoms with Crippen LogP contribution in [-0.2, 0) is 4.74 Å². The van der Waals surface area contributed by atoms with E-state index in [1.807, 2.05) is 25.7 Å². The quantitative estimate of drug-likeness (QED) is 0.275. The van der Waals surface area contributed by atoms with Crippen molar-refractivity contribution < 1.29 is 9.53 Å². The fourth-order valence-electron chi connectivity index (χ4n) is 5.67. The Hall–Kier alpha value is -0.690. The topological polar surface area (TPSA) is 48.1 Å². The van der Waals surface area contributed by atoms with Crippen LogP contribution in [0.3, 0.4) is 0 Å². The van der Waals surface area contributed by atoms with Crippen LogP contribution < -0.4 is 15.1 Å². The molecular weight excluding hydrogens is 749 g/mol. The molecule has 0 aromatic heterocycles. The number of rotatable bonds is 2. The summed E-state index contributed by atoms with van der Waals surface area (Å²) in [7, 11) is 0. The first-order chi connectivity index (χ1) is 17.7. The molecule has 4 aliphatic heterocycles. The van der Waals surface area contributed by atoms with E-state index in [0.29, 0.717) is 6.04 Å². The summed E-state index contributed by atoms with van der Waals surface area (Å²) in [4.78, 5) is 19.1. The van der Waals surface area contributed by atoms with E-state index in [9.17, 15) is 4.79 Å². The Morgan fingerprint density at radius 1 is 0.842 bits per heavy atom. The van der Waals surface area contributed by atoms with Crippen molar-refractivity contribution in [3.8, 4) is 0 Å². The van der Waals surface area contributed by atoms with Gasteiger partial charge in [0.1, 0.15) is 5.60 Å². The highest BCUT2D eigenvalue weighted by Gasteiger charge is 2.46. The van der Waals surface area contributed by atoms with Gasteiger partial charge in [-0.05, 0) is 127 Å². The molecule has 1 amide bonds. The Morgan fingerprint density at radius 3 is 1.76 bits per heavy atom. The lowest BCUT2D eigenvalue weighted by Crippen LogP contribution is -2.50. The molecule has 10 heteroatoms. The van der Waals surface area contributed by atoms with Crippen molar-refractivity contribution in [2.24, 2.45) is 0 Å². The summed E-state index contributed by atoms with van der Waals surface area (Å²) in [5, 5.41) is 3.52. The molecule has 0 spiro atoms. The van der Waals surface area contributed by atoms with Crippen LogP contribution in [0.2, 0.25) is 0 Å². The van der Waals surface area contributed by atoms with Gasteiger partial charge in [0.25, 0.3) is 0 Å². The highest BCUT2D eigenvalue weighted by molar-refractivity contribution is 14.1. The molecule has 38 heavy (non-hydrogen) atoms. The van der Waals surface area contributed by atoms with Crippen molar-refractivity contribution in [3.63, 3.8) is 0 Å². The largest absolute Gasteiger partial charge is 0.444 e. The minimum absolute atomic E-state index is 0. The molecule has 2 aromatic carbocycles. The molecule has 6 rings (SSSR count). The number of nitrogens with one attached hydrogen (secondary N) is 1. The maximum absolute atomic E-state index is 12.2. The lowest BCUT2D eigenvalue weighted by atomic mass is 10.2. The van der Waals surface area contributed by atoms with Crippen LogP contribution in [0.4, 0.5) is 16.2 Å². The molecule has 0 aliphatic carbocycles. The monoisotopic (exact) mass is 786 g/mol. The maximum Gasteiger partial charge on any atom is 0.410 e. The number of fused-ring (bicyclic) bond motifs is 4. The lowest BCUT2D eigenvalue weighted by Gasteiger charge is -2.36. The van der Waals surface area contributed by atoms with E-state index in [-0.39, 0.29) is 24.5 Å². The first-order valence-electron chi connectivity index (χ1n) is 12.8. The van der Waals surface area contributed by atoms with Crippen molar-refractivity contribution in [2.75, 3.05) is 42.4 Å². The molecule has 4 unspecified atom stereocenters. The van der Waals surface area contributed by atoms with Gasteiger partial charge in [0.2, 0.25) is 0 Å². The zero-order valence-electron chi connectivity index (χ0n) is 22.4. The second-order valence-corrected chi connectivity index (χ2v) is 13.4. The van der Waals surface area contributed by atoms with Crippen molar-refractivity contribution in [3.05, 3.63) is 55.7 Å². The standard InChI is InChI=1S/C16H21IN2O2.C11H13IN2.CH3Cl.ClH/c1-16(2,3)21-15(20)19-10-13-8-14(19)9-18(13)12-6-4-11(17)5-7-12;12-8-1-3-10(4-2-8)14-7-9-5-11(14)6-13-9;1-2;/h4-7,13-14H,8-10H2,1-3H3;1-4,9,11,13H,5-7H2;1H3;1H. The number of anilines is 2. The average molecular weight is 787 g/mol. The molecule has 4 aliphatic rings. The molecule has 210 valence electrons. The number of hydrogen-bond donors (Lipinski definition) is 1. The number of benzene rings is 2. The van der Waals surface area contributed by atoms with E-state index >= 15 is 0 Å². The summed E-state index contributed by atoms with van der Waals surface area (Å²) in [6.45, 7) is 9.77. The zero-order valence-corrected chi connectivity index (χ0v) is 28.3. The Kier molecular flexibility index (Phi) is 11.5. The van der Waals surface area contributed by atoms with Crippen LogP contribution in [0.5, 0.6) is 0 Å². The van der Waals surface area contributed by atoms with E-state index in [1.54, 1.807) is 0 Å². The van der Waals surface area contributed by atoms with E-state index < -0.39 is 5.60 Å². The van der Waals surface area contributed by atoms with Crippen LogP contribution in [0.1, 0.15) is 33.6 Å². The second kappa shape index (κ2) is 13.8. The Labute approximate surface area is 265 Å². The number of likely N-dealkylation sites (tertiary alicyclic amines) is 1. The molecule has 0 radical (unpaired) electrons. The van der Waals surface area contributed by atoms with Gasteiger partial charge in [-0.15, -0.1) is 24.0 Å². The summed E-state index contributed by atoms with van der Waals surface area (Å²) < 4.78 is 8.06. The smallest absolute Gasteiger partial charge is 0.410 e. The fraction of sp³-hybridized carbons (Fsp3) is 0.536. The highest BCUT2D eigenvalue weighted by atomic mass is 127. The molecule has 0 saturated carbocycles. The molecule has 4 fully saturated rings. The predicted octanol–water partition coefficient (Wildman–Crippen LogP) is 6.61. The minimum atomic E-state index is -0.422. The molecule has 4 bridgehead atoms. The van der Waals surface area contributed by atoms with Gasteiger partial charge in [0.15, 0.2) is 0 Å². The van der Waals surface area contributed by atoms with Gasteiger partial charge < -0.3 is 24.8 Å². The number of ether oxygens (including phenoxy) is 1. The number of carbonyl (C=O) groups is 1. The highest BCUT2D eigenvalue weighted by Crippen LogP contribution is 2.35. The van der Waals surface area contributed by atoms with Crippen molar-refractivity contribution >= 4 is 86.7 Å². The molecule has 2 aromatic rings. The normalized spacial score (nSPS) is 24.8. The summed E-state index contributed by atoms with van der Waals surface area (Å²) in [5.41, 5.74) is 2.22. The van der Waals surface area contributed by atoms with Crippen LogP contribution in [0.15, 0.2) is 48.5 Å². The molecule has 4 saturated heterocycles. The summed E-state index contributed by atoms with van der Waals surface area (Å²) >= 11 is 9.31.